The number of benzene rings is 8. The van der Waals surface area contributed by atoms with Gasteiger partial charge in [0, 0.05) is 34.1 Å². The molecule has 0 radical (unpaired) electrons. The van der Waals surface area contributed by atoms with E-state index in [1.54, 1.807) is 0 Å². The first-order chi connectivity index (χ1) is 31.0. The fourth-order valence-corrected chi connectivity index (χ4v) is 10.8. The summed E-state index contributed by atoms with van der Waals surface area (Å²) in [4.78, 5) is 5.13. The number of nitrogens with zero attached hydrogens (tertiary/aromatic N) is 2. The van der Waals surface area contributed by atoms with Crippen molar-refractivity contribution in [3.63, 3.8) is 0 Å². The molecule has 8 aromatic rings. The molecule has 0 spiro atoms. The Hall–Kier alpha value is -6.64. The highest BCUT2D eigenvalue weighted by Gasteiger charge is 2.28. The van der Waals surface area contributed by atoms with Crippen LogP contribution in [0.4, 0.5) is 28.4 Å². The van der Waals surface area contributed by atoms with Gasteiger partial charge in [0.1, 0.15) is 0 Å². The molecule has 2 aliphatic heterocycles. The zero-order valence-electron chi connectivity index (χ0n) is 38.3. The molecular formula is C62H58N2. The third kappa shape index (κ3) is 6.96. The van der Waals surface area contributed by atoms with E-state index < -0.39 is 0 Å². The lowest BCUT2D eigenvalue weighted by molar-refractivity contribution is 0.590. The van der Waals surface area contributed by atoms with Crippen molar-refractivity contribution in [2.24, 2.45) is 0 Å². The fraction of sp³-hybridized carbons (Fsp3) is 0.226. The number of hydrogen-bond acceptors (Lipinski definition) is 2. The van der Waals surface area contributed by atoms with Crippen molar-refractivity contribution in [2.45, 2.75) is 90.9 Å². The summed E-state index contributed by atoms with van der Waals surface area (Å²) in [5.41, 5.74) is 21.1. The van der Waals surface area contributed by atoms with Gasteiger partial charge in [-0.1, -0.05) is 169 Å². The molecule has 64 heavy (non-hydrogen) atoms. The molecule has 0 amide bonds. The van der Waals surface area contributed by atoms with Crippen LogP contribution in [0.5, 0.6) is 0 Å². The largest absolute Gasteiger partial charge is 0.314 e. The Bertz CT molecular complexity index is 3120. The van der Waals surface area contributed by atoms with Crippen molar-refractivity contribution >= 4 is 50.0 Å². The first-order valence-electron chi connectivity index (χ1n) is 23.5. The van der Waals surface area contributed by atoms with E-state index in [2.05, 4.69) is 221 Å². The van der Waals surface area contributed by atoms with Crippen LogP contribution in [0.3, 0.4) is 0 Å². The van der Waals surface area contributed by atoms with Crippen molar-refractivity contribution in [1.29, 1.82) is 0 Å². The van der Waals surface area contributed by atoms with Crippen LogP contribution in [0.1, 0.15) is 88.6 Å². The zero-order chi connectivity index (χ0) is 43.7. The van der Waals surface area contributed by atoms with E-state index in [1.165, 1.54) is 111 Å². The summed E-state index contributed by atoms with van der Waals surface area (Å²) in [6.07, 6.45) is 11.0. The predicted molar refractivity (Wildman–Crippen MR) is 274 cm³/mol. The summed E-state index contributed by atoms with van der Waals surface area (Å²) < 4.78 is 0. The van der Waals surface area contributed by atoms with Crippen molar-refractivity contribution < 1.29 is 0 Å². The highest BCUT2D eigenvalue weighted by Crippen LogP contribution is 2.50. The Morgan fingerprint density at radius 3 is 1.28 bits per heavy atom. The molecule has 3 aliphatic rings. The van der Waals surface area contributed by atoms with Crippen LogP contribution < -0.4 is 9.80 Å². The second-order valence-corrected chi connectivity index (χ2v) is 20.3. The molecule has 11 rings (SSSR count). The van der Waals surface area contributed by atoms with E-state index >= 15 is 0 Å². The third-order valence-electron chi connectivity index (χ3n) is 14.2. The molecule has 0 N–H and O–H groups in total. The van der Waals surface area contributed by atoms with Crippen LogP contribution >= 0.6 is 0 Å². The minimum absolute atomic E-state index is 0.0483. The summed E-state index contributed by atoms with van der Waals surface area (Å²) in [6, 6.07) is 60.7. The molecule has 2 heteroatoms. The van der Waals surface area contributed by atoms with Gasteiger partial charge in [0.2, 0.25) is 0 Å². The Kier molecular flexibility index (Phi) is 9.76. The number of hydrogen-bond donors (Lipinski definition) is 0. The van der Waals surface area contributed by atoms with Crippen LogP contribution in [0, 0.1) is 0 Å². The van der Waals surface area contributed by atoms with Gasteiger partial charge in [-0.25, -0.2) is 0 Å². The van der Waals surface area contributed by atoms with Gasteiger partial charge in [-0.15, -0.1) is 0 Å². The number of rotatable bonds is 4. The highest BCUT2D eigenvalue weighted by molar-refractivity contribution is 6.22. The topological polar surface area (TPSA) is 6.48 Å². The number of anilines is 5. The Morgan fingerprint density at radius 1 is 0.391 bits per heavy atom. The van der Waals surface area contributed by atoms with E-state index in [0.29, 0.717) is 0 Å². The van der Waals surface area contributed by atoms with Gasteiger partial charge in [0.25, 0.3) is 0 Å². The maximum absolute atomic E-state index is 2.60. The Balaban J connectivity index is 1.24. The van der Waals surface area contributed by atoms with Crippen LogP contribution in [-0.2, 0) is 30.1 Å². The lowest BCUT2D eigenvalue weighted by atomic mass is 9.82. The normalized spacial score (nSPS) is 15.1. The van der Waals surface area contributed by atoms with Gasteiger partial charge in [0.05, 0.1) is 0 Å². The molecule has 0 aromatic heterocycles. The molecule has 0 saturated heterocycles. The molecule has 0 atom stereocenters. The minimum atomic E-state index is 0.0483. The second-order valence-electron chi connectivity index (χ2n) is 20.3. The van der Waals surface area contributed by atoms with Gasteiger partial charge in [-0.05, 0) is 169 Å². The molecule has 2 nitrogen and oxygen atoms in total. The van der Waals surface area contributed by atoms with Crippen molar-refractivity contribution in [3.05, 3.63) is 209 Å². The highest BCUT2D eigenvalue weighted by atomic mass is 15.2. The maximum Gasteiger partial charge on any atom is 0.0493 e. The third-order valence-corrected chi connectivity index (χ3v) is 14.2. The second kappa shape index (κ2) is 15.6. The van der Waals surface area contributed by atoms with Crippen LogP contribution in [0.2, 0.25) is 0 Å². The first-order valence-corrected chi connectivity index (χ1v) is 23.5. The quantitative estimate of drug-likeness (QED) is 0.163. The molecule has 8 aromatic carbocycles. The molecule has 0 bridgehead atoms. The lowest BCUT2D eigenvalue weighted by Gasteiger charge is -2.31. The maximum atomic E-state index is 2.60. The number of para-hydroxylation sites is 3. The van der Waals surface area contributed by atoms with Gasteiger partial charge >= 0.3 is 0 Å². The van der Waals surface area contributed by atoms with Gasteiger partial charge in [-0.3, -0.25) is 0 Å². The molecule has 0 fully saturated rings. The summed E-state index contributed by atoms with van der Waals surface area (Å²) in [5.74, 6) is 0. The summed E-state index contributed by atoms with van der Waals surface area (Å²) >= 11 is 0. The minimum Gasteiger partial charge on any atom is -0.314 e. The van der Waals surface area contributed by atoms with E-state index in [4.69, 9.17) is 0 Å². The molecule has 2 heterocycles. The predicted octanol–water partition coefficient (Wildman–Crippen LogP) is 17.2. The smallest absolute Gasteiger partial charge is 0.0493 e. The number of fused-ring (bicyclic) bond motifs is 5. The van der Waals surface area contributed by atoms with E-state index in [-0.39, 0.29) is 10.8 Å². The van der Waals surface area contributed by atoms with E-state index in [9.17, 15) is 0 Å². The SMILES string of the molecule is CC(C)(C)c1ccc(-c2c3ccc(N4c5ccccc5CCc5ccccc54)cc3c(-c3ccc(C(C)(C)C)cc3)c3ccc(N4C5=C(C=CCC5)CCc5ccccc54)cc23)cc1. The lowest BCUT2D eigenvalue weighted by Crippen LogP contribution is -2.19. The first kappa shape index (κ1) is 40.2. The standard InChI is InChI=1S/C62H58N2/c1-61(2,3)47-31-27-45(28-32-47)59-51-37-35-50(64-57-21-13-9-17-43(57)25-26-44-18-10-14-22-58(44)64)40-54(51)60(46-29-33-48(34-30-46)62(4,5)6)52-38-36-49(39-53(52)59)63-55-19-11-7-15-41(55)23-24-42-16-8-12-20-56(42)63/h7-13,15-21,27-40H,14,22-26H2,1-6H3. The summed E-state index contributed by atoms with van der Waals surface area (Å²) in [5, 5.41) is 5.07. The van der Waals surface area contributed by atoms with Gasteiger partial charge in [0.15, 0.2) is 0 Å². The van der Waals surface area contributed by atoms with Crippen LogP contribution in [-0.4, -0.2) is 0 Å². The van der Waals surface area contributed by atoms with Gasteiger partial charge in [-0.2, -0.15) is 0 Å². The van der Waals surface area contributed by atoms with Crippen LogP contribution in [0.15, 0.2) is 181 Å². The fourth-order valence-electron chi connectivity index (χ4n) is 10.8. The van der Waals surface area contributed by atoms with E-state index in [0.717, 1.165) is 38.5 Å². The molecule has 0 saturated carbocycles. The van der Waals surface area contributed by atoms with Crippen molar-refractivity contribution in [3.8, 4) is 22.3 Å². The molecular weight excluding hydrogens is 773 g/mol. The molecule has 316 valence electrons. The number of allylic oxidation sites excluding steroid dienone is 4. The van der Waals surface area contributed by atoms with Crippen molar-refractivity contribution in [2.75, 3.05) is 9.80 Å². The van der Waals surface area contributed by atoms with Crippen molar-refractivity contribution in [1.82, 2.24) is 0 Å². The van der Waals surface area contributed by atoms with Gasteiger partial charge < -0.3 is 9.80 Å². The Labute approximate surface area is 380 Å². The van der Waals surface area contributed by atoms with E-state index in [1.807, 2.05) is 0 Å². The summed E-state index contributed by atoms with van der Waals surface area (Å²) in [7, 11) is 0. The molecule has 0 unspecified atom stereocenters. The summed E-state index contributed by atoms with van der Waals surface area (Å²) in [6.45, 7) is 13.8. The Morgan fingerprint density at radius 2 is 0.812 bits per heavy atom. The monoisotopic (exact) mass is 830 g/mol. The average molecular weight is 831 g/mol. The number of aryl methyl sites for hydroxylation is 3. The average Bonchev–Trinajstić information content (AvgIpc) is 3.58. The zero-order valence-corrected chi connectivity index (χ0v) is 38.3. The molecule has 1 aliphatic carbocycles. The van der Waals surface area contributed by atoms with Crippen LogP contribution in [0.25, 0.3) is 43.8 Å².